The molecular formula is C18H21N7O2. The quantitative estimate of drug-likeness (QED) is 0.285. The highest BCUT2D eigenvalue weighted by atomic mass is 16.5. The van der Waals surface area contributed by atoms with Crippen molar-refractivity contribution in [1.82, 2.24) is 5.32 Å². The summed E-state index contributed by atoms with van der Waals surface area (Å²) in [5.74, 6) is 0.543. The fourth-order valence-corrected chi connectivity index (χ4v) is 2.06. The van der Waals surface area contributed by atoms with Gasteiger partial charge in [0.05, 0.1) is 18.0 Å². The summed E-state index contributed by atoms with van der Waals surface area (Å²) >= 11 is 0. The first kappa shape index (κ1) is 19.9. The van der Waals surface area contributed by atoms with Crippen LogP contribution in [0.2, 0.25) is 0 Å². The van der Waals surface area contributed by atoms with Gasteiger partial charge in [-0.25, -0.2) is 0 Å². The molecule has 0 saturated heterocycles. The number of azide groups is 1. The molecule has 0 aliphatic carbocycles. The minimum absolute atomic E-state index is 0.168. The van der Waals surface area contributed by atoms with Gasteiger partial charge in [0.2, 0.25) is 0 Å². The van der Waals surface area contributed by atoms with Gasteiger partial charge in [0.25, 0.3) is 5.91 Å². The Labute approximate surface area is 156 Å². The molecule has 2 aromatic carbocycles. The third kappa shape index (κ3) is 7.15. The fraction of sp³-hybridized carbons (Fsp3) is 0.278. The lowest BCUT2D eigenvalue weighted by molar-refractivity contribution is 0.0955. The van der Waals surface area contributed by atoms with Crippen molar-refractivity contribution in [3.63, 3.8) is 0 Å². The Kier molecular flexibility index (Phi) is 8.29. The number of benzene rings is 2. The molecule has 9 heteroatoms. The average Bonchev–Trinajstić information content (AvgIpc) is 2.71. The van der Waals surface area contributed by atoms with Gasteiger partial charge in [-0.2, -0.15) is 10.2 Å². The monoisotopic (exact) mass is 367 g/mol. The van der Waals surface area contributed by atoms with Crippen molar-refractivity contribution in [1.29, 1.82) is 0 Å². The molecule has 140 valence electrons. The summed E-state index contributed by atoms with van der Waals surface area (Å²) in [6.45, 7) is 1.73. The van der Waals surface area contributed by atoms with E-state index < -0.39 is 0 Å². The normalized spacial score (nSPS) is 10.4. The zero-order valence-corrected chi connectivity index (χ0v) is 14.8. The van der Waals surface area contributed by atoms with Crippen LogP contribution in [0.25, 0.3) is 10.4 Å². The Morgan fingerprint density at radius 2 is 1.70 bits per heavy atom. The number of ether oxygens (including phenoxy) is 1. The topological polar surface area (TPSA) is 138 Å². The molecule has 2 aromatic rings. The second kappa shape index (κ2) is 11.2. The number of nitrogens with zero attached hydrogens (tertiary/aromatic N) is 5. The van der Waals surface area contributed by atoms with Crippen LogP contribution in [0.5, 0.6) is 5.75 Å². The van der Waals surface area contributed by atoms with Crippen molar-refractivity contribution < 1.29 is 9.53 Å². The van der Waals surface area contributed by atoms with Gasteiger partial charge in [0.15, 0.2) is 0 Å². The molecule has 9 nitrogen and oxygen atoms in total. The van der Waals surface area contributed by atoms with Crippen LogP contribution in [-0.4, -0.2) is 32.1 Å². The molecule has 0 saturated carbocycles. The first-order chi connectivity index (χ1) is 13.2. The van der Waals surface area contributed by atoms with E-state index in [4.69, 9.17) is 16.0 Å². The van der Waals surface area contributed by atoms with Crippen molar-refractivity contribution in [3.05, 3.63) is 64.5 Å². The molecule has 0 heterocycles. The number of carbonyl (C=O) groups excluding carboxylic acids is 1. The standard InChI is InChI=1S/C18H21N7O2/c19-10-12-21-18(26)14-2-4-15(5-3-14)23-24-16-6-8-17(9-7-16)27-13-1-11-22-25-20/h2-9H,1,10-13,19H2,(H,21,26)/b24-23+. The highest BCUT2D eigenvalue weighted by Gasteiger charge is 2.03. The Bertz CT molecular complexity index is 797. The first-order valence-corrected chi connectivity index (χ1v) is 8.46. The predicted octanol–water partition coefficient (Wildman–Crippen LogP) is 3.87. The number of amides is 1. The summed E-state index contributed by atoms with van der Waals surface area (Å²) < 4.78 is 5.53. The van der Waals surface area contributed by atoms with Gasteiger partial charge in [-0.3, -0.25) is 4.79 Å². The van der Waals surface area contributed by atoms with Crippen LogP contribution in [-0.2, 0) is 0 Å². The van der Waals surface area contributed by atoms with Gasteiger partial charge in [0.1, 0.15) is 5.75 Å². The summed E-state index contributed by atoms with van der Waals surface area (Å²) in [4.78, 5) is 14.5. The van der Waals surface area contributed by atoms with E-state index in [0.29, 0.717) is 55.3 Å². The highest BCUT2D eigenvalue weighted by Crippen LogP contribution is 2.21. The van der Waals surface area contributed by atoms with Crippen molar-refractivity contribution in [2.24, 2.45) is 21.1 Å². The Morgan fingerprint density at radius 1 is 1.07 bits per heavy atom. The zero-order chi connectivity index (χ0) is 19.3. The molecule has 0 spiro atoms. The molecule has 0 atom stereocenters. The summed E-state index contributed by atoms with van der Waals surface area (Å²) in [5.41, 5.74) is 15.4. The summed E-state index contributed by atoms with van der Waals surface area (Å²) in [5, 5.41) is 14.5. The second-order valence-corrected chi connectivity index (χ2v) is 5.44. The molecule has 3 N–H and O–H groups in total. The van der Waals surface area contributed by atoms with E-state index >= 15 is 0 Å². The summed E-state index contributed by atoms with van der Waals surface area (Å²) in [6, 6.07) is 14.0. The molecule has 0 aliphatic heterocycles. The smallest absolute Gasteiger partial charge is 0.251 e. The Morgan fingerprint density at radius 3 is 2.30 bits per heavy atom. The molecule has 0 aromatic heterocycles. The number of hydrogen-bond acceptors (Lipinski definition) is 6. The number of nitrogens with one attached hydrogen (secondary N) is 1. The third-order valence-electron chi connectivity index (χ3n) is 3.41. The number of carbonyl (C=O) groups is 1. The van der Waals surface area contributed by atoms with Crippen LogP contribution in [0.3, 0.4) is 0 Å². The van der Waals surface area contributed by atoms with Crippen molar-refractivity contribution in [2.45, 2.75) is 6.42 Å². The molecule has 2 rings (SSSR count). The van der Waals surface area contributed by atoms with Crippen molar-refractivity contribution in [3.8, 4) is 5.75 Å². The van der Waals surface area contributed by atoms with Gasteiger partial charge in [0, 0.05) is 30.1 Å². The van der Waals surface area contributed by atoms with E-state index in [1.807, 2.05) is 0 Å². The third-order valence-corrected chi connectivity index (χ3v) is 3.41. The number of rotatable bonds is 10. The number of azo groups is 1. The molecule has 0 aliphatic rings. The summed E-state index contributed by atoms with van der Waals surface area (Å²) in [7, 11) is 0. The molecule has 1 amide bonds. The van der Waals surface area contributed by atoms with E-state index in [1.165, 1.54) is 0 Å². The lowest BCUT2D eigenvalue weighted by Crippen LogP contribution is -2.28. The van der Waals surface area contributed by atoms with E-state index in [0.717, 1.165) is 0 Å². The minimum Gasteiger partial charge on any atom is -0.494 e. The summed E-state index contributed by atoms with van der Waals surface area (Å²) in [6.07, 6.45) is 0.658. The molecule has 0 unspecified atom stereocenters. The SMILES string of the molecule is [N-]=[N+]=NCCCOc1ccc(/N=N/c2ccc(C(=O)NCCN)cc2)cc1. The van der Waals surface area contributed by atoms with Crippen LogP contribution >= 0.6 is 0 Å². The maximum absolute atomic E-state index is 11.8. The second-order valence-electron chi connectivity index (χ2n) is 5.44. The van der Waals surface area contributed by atoms with Crippen LogP contribution in [0.1, 0.15) is 16.8 Å². The zero-order valence-electron chi connectivity index (χ0n) is 14.8. The van der Waals surface area contributed by atoms with Crippen LogP contribution in [0.4, 0.5) is 11.4 Å². The predicted molar refractivity (Wildman–Crippen MR) is 103 cm³/mol. The van der Waals surface area contributed by atoms with Gasteiger partial charge >= 0.3 is 0 Å². The number of hydrogen-bond donors (Lipinski definition) is 2. The van der Waals surface area contributed by atoms with Crippen molar-refractivity contribution >= 4 is 17.3 Å². The van der Waals surface area contributed by atoms with Crippen molar-refractivity contribution in [2.75, 3.05) is 26.2 Å². The van der Waals surface area contributed by atoms with E-state index in [1.54, 1.807) is 48.5 Å². The molecule has 0 bridgehead atoms. The maximum Gasteiger partial charge on any atom is 0.251 e. The largest absolute Gasteiger partial charge is 0.494 e. The average molecular weight is 367 g/mol. The molecule has 0 fully saturated rings. The van der Waals surface area contributed by atoms with Gasteiger partial charge in [-0.1, -0.05) is 5.11 Å². The maximum atomic E-state index is 11.8. The Balaban J connectivity index is 1.86. The molecular weight excluding hydrogens is 346 g/mol. The molecule has 0 radical (unpaired) electrons. The first-order valence-electron chi connectivity index (χ1n) is 8.46. The lowest BCUT2D eigenvalue weighted by atomic mass is 10.2. The van der Waals surface area contributed by atoms with Crippen LogP contribution in [0, 0.1) is 0 Å². The van der Waals surface area contributed by atoms with E-state index in [2.05, 4.69) is 25.6 Å². The van der Waals surface area contributed by atoms with Gasteiger partial charge in [-0.05, 0) is 60.5 Å². The van der Waals surface area contributed by atoms with Gasteiger partial charge < -0.3 is 15.8 Å². The van der Waals surface area contributed by atoms with E-state index in [-0.39, 0.29) is 5.91 Å². The fourth-order valence-electron chi connectivity index (χ4n) is 2.06. The molecule has 27 heavy (non-hydrogen) atoms. The highest BCUT2D eigenvalue weighted by molar-refractivity contribution is 5.94. The lowest BCUT2D eigenvalue weighted by Gasteiger charge is -2.04. The van der Waals surface area contributed by atoms with E-state index in [9.17, 15) is 4.79 Å². The number of nitrogens with two attached hydrogens (primary N) is 1. The Hall–Kier alpha value is -3.42. The minimum atomic E-state index is -0.168. The van der Waals surface area contributed by atoms with Gasteiger partial charge in [-0.15, -0.1) is 0 Å². The van der Waals surface area contributed by atoms with Crippen LogP contribution in [0.15, 0.2) is 63.9 Å². The van der Waals surface area contributed by atoms with Crippen LogP contribution < -0.4 is 15.8 Å².